The fourth-order valence-electron chi connectivity index (χ4n) is 2.45. The molecule has 0 spiro atoms. The third-order valence-electron chi connectivity index (χ3n) is 3.31. The molecule has 0 bridgehead atoms. The molecule has 0 unspecified atom stereocenters. The van der Waals surface area contributed by atoms with E-state index in [2.05, 4.69) is 62.2 Å². The summed E-state index contributed by atoms with van der Waals surface area (Å²) in [5, 5.41) is 0. The molecule has 3 heteroatoms. The average molecular weight is 303 g/mol. The molecule has 2 nitrogen and oxygen atoms in total. The summed E-state index contributed by atoms with van der Waals surface area (Å²) in [5.74, 6) is 0. The summed E-state index contributed by atoms with van der Waals surface area (Å²) >= 11 is 3.51. The predicted molar refractivity (Wildman–Crippen MR) is 77.8 cm³/mol. The summed E-state index contributed by atoms with van der Waals surface area (Å²) < 4.78 is 1.06. The largest absolute Gasteiger partial charge is 0.366 e. The smallest absolute Gasteiger partial charge is 0.0638 e. The average Bonchev–Trinajstić information content (AvgIpc) is 2.41. The number of rotatable bonds is 2. The first-order valence-electron chi connectivity index (χ1n) is 6.26. The molecular weight excluding hydrogens is 288 g/mol. The van der Waals surface area contributed by atoms with Gasteiger partial charge in [0.25, 0.3) is 0 Å². The molecule has 0 amide bonds. The molecule has 1 aliphatic heterocycles. The highest BCUT2D eigenvalue weighted by atomic mass is 79.9. The van der Waals surface area contributed by atoms with Gasteiger partial charge in [-0.05, 0) is 40.4 Å². The van der Waals surface area contributed by atoms with Crippen molar-refractivity contribution < 1.29 is 0 Å². The van der Waals surface area contributed by atoms with Crippen LogP contribution in [0.1, 0.15) is 17.7 Å². The van der Waals surface area contributed by atoms with Gasteiger partial charge in [-0.25, -0.2) is 0 Å². The van der Waals surface area contributed by atoms with Gasteiger partial charge in [0.1, 0.15) is 0 Å². The molecule has 0 saturated heterocycles. The van der Waals surface area contributed by atoms with E-state index in [1.807, 2.05) is 6.20 Å². The van der Waals surface area contributed by atoms with E-state index in [1.165, 1.54) is 23.4 Å². The Morgan fingerprint density at radius 2 is 2.06 bits per heavy atom. The summed E-state index contributed by atoms with van der Waals surface area (Å²) in [7, 11) is 0. The standard InChI is InChI=1S/C15H15BrN2/c16-13-9-15-14(17-10-13)7-4-8-18(15)11-12-5-2-1-3-6-12/h1-3,5-6,9-10H,4,7-8,11H2. The second kappa shape index (κ2) is 5.11. The maximum absolute atomic E-state index is 4.52. The first-order valence-corrected chi connectivity index (χ1v) is 7.05. The van der Waals surface area contributed by atoms with Gasteiger partial charge in [-0.3, -0.25) is 4.98 Å². The van der Waals surface area contributed by atoms with Gasteiger partial charge in [-0.1, -0.05) is 30.3 Å². The molecule has 0 radical (unpaired) electrons. The fourth-order valence-corrected chi connectivity index (χ4v) is 2.77. The number of aromatic nitrogens is 1. The molecular formula is C15H15BrN2. The molecule has 0 saturated carbocycles. The van der Waals surface area contributed by atoms with Crippen molar-refractivity contribution in [2.24, 2.45) is 0 Å². The van der Waals surface area contributed by atoms with Crippen molar-refractivity contribution >= 4 is 21.6 Å². The number of hydrogen-bond donors (Lipinski definition) is 0. The number of hydrogen-bond acceptors (Lipinski definition) is 2. The summed E-state index contributed by atoms with van der Waals surface area (Å²) in [5.41, 5.74) is 3.85. The van der Waals surface area contributed by atoms with Gasteiger partial charge in [0.15, 0.2) is 0 Å². The van der Waals surface area contributed by atoms with Crippen molar-refractivity contribution in [3.63, 3.8) is 0 Å². The Balaban J connectivity index is 1.89. The first kappa shape index (κ1) is 11.7. The van der Waals surface area contributed by atoms with E-state index in [0.29, 0.717) is 0 Å². The van der Waals surface area contributed by atoms with Crippen molar-refractivity contribution in [3.05, 3.63) is 58.3 Å². The van der Waals surface area contributed by atoms with Gasteiger partial charge >= 0.3 is 0 Å². The summed E-state index contributed by atoms with van der Waals surface area (Å²) in [4.78, 5) is 6.94. The highest BCUT2D eigenvalue weighted by molar-refractivity contribution is 9.10. The van der Waals surface area contributed by atoms with Crippen LogP contribution >= 0.6 is 15.9 Å². The van der Waals surface area contributed by atoms with Crippen molar-refractivity contribution in [1.29, 1.82) is 0 Å². The highest BCUT2D eigenvalue weighted by Crippen LogP contribution is 2.29. The van der Waals surface area contributed by atoms with E-state index < -0.39 is 0 Å². The number of aryl methyl sites for hydroxylation is 1. The Kier molecular flexibility index (Phi) is 3.33. The maximum atomic E-state index is 4.52. The van der Waals surface area contributed by atoms with E-state index in [0.717, 1.165) is 24.0 Å². The number of pyridine rings is 1. The van der Waals surface area contributed by atoms with Crippen molar-refractivity contribution in [2.75, 3.05) is 11.4 Å². The Morgan fingerprint density at radius 3 is 2.89 bits per heavy atom. The van der Waals surface area contributed by atoms with Crippen molar-refractivity contribution in [2.45, 2.75) is 19.4 Å². The molecule has 0 atom stereocenters. The minimum Gasteiger partial charge on any atom is -0.366 e. The van der Waals surface area contributed by atoms with Crippen LogP contribution in [0.3, 0.4) is 0 Å². The molecule has 18 heavy (non-hydrogen) atoms. The quantitative estimate of drug-likeness (QED) is 0.839. The minimum atomic E-state index is 0.964. The van der Waals surface area contributed by atoms with Crippen LogP contribution in [0.15, 0.2) is 47.1 Å². The van der Waals surface area contributed by atoms with Crippen molar-refractivity contribution in [3.8, 4) is 0 Å². The van der Waals surface area contributed by atoms with Gasteiger partial charge < -0.3 is 4.90 Å². The molecule has 1 aliphatic rings. The van der Waals surface area contributed by atoms with Crippen LogP contribution in [0.2, 0.25) is 0 Å². The van der Waals surface area contributed by atoms with Crippen LogP contribution in [0.25, 0.3) is 0 Å². The molecule has 0 fully saturated rings. The summed E-state index contributed by atoms with van der Waals surface area (Å²) in [6.45, 7) is 2.08. The van der Waals surface area contributed by atoms with Gasteiger partial charge in [-0.2, -0.15) is 0 Å². The lowest BCUT2D eigenvalue weighted by molar-refractivity contribution is 0.677. The second-order valence-corrected chi connectivity index (χ2v) is 5.55. The number of halogens is 1. The molecule has 1 aromatic heterocycles. The maximum Gasteiger partial charge on any atom is 0.0638 e. The Bertz CT molecular complexity index is 539. The third kappa shape index (κ3) is 2.41. The van der Waals surface area contributed by atoms with E-state index in [4.69, 9.17) is 0 Å². The van der Waals surface area contributed by atoms with E-state index in [9.17, 15) is 0 Å². The van der Waals surface area contributed by atoms with Crippen LogP contribution in [0, 0.1) is 0 Å². The van der Waals surface area contributed by atoms with E-state index >= 15 is 0 Å². The van der Waals surface area contributed by atoms with Gasteiger partial charge in [-0.15, -0.1) is 0 Å². The lowest BCUT2D eigenvalue weighted by Crippen LogP contribution is -2.29. The van der Waals surface area contributed by atoms with Crippen LogP contribution in [-0.4, -0.2) is 11.5 Å². The van der Waals surface area contributed by atoms with Crippen LogP contribution in [0.5, 0.6) is 0 Å². The van der Waals surface area contributed by atoms with E-state index in [1.54, 1.807) is 0 Å². The van der Waals surface area contributed by atoms with Crippen LogP contribution in [0.4, 0.5) is 5.69 Å². The normalized spacial score (nSPS) is 14.4. The van der Waals surface area contributed by atoms with Crippen LogP contribution in [-0.2, 0) is 13.0 Å². The summed E-state index contributed by atoms with van der Waals surface area (Å²) in [6, 6.07) is 12.8. The minimum absolute atomic E-state index is 0.964. The molecule has 2 aromatic rings. The zero-order valence-corrected chi connectivity index (χ0v) is 11.7. The molecule has 1 aromatic carbocycles. The highest BCUT2D eigenvalue weighted by Gasteiger charge is 2.18. The zero-order valence-electron chi connectivity index (χ0n) is 10.1. The SMILES string of the molecule is Brc1cnc2c(c1)N(Cc1ccccc1)CCC2. The summed E-state index contributed by atoms with van der Waals surface area (Å²) in [6.07, 6.45) is 4.17. The number of fused-ring (bicyclic) bond motifs is 1. The monoisotopic (exact) mass is 302 g/mol. The van der Waals surface area contributed by atoms with Gasteiger partial charge in [0.2, 0.25) is 0 Å². The lowest BCUT2D eigenvalue weighted by Gasteiger charge is -2.30. The molecule has 2 heterocycles. The predicted octanol–water partition coefficient (Wildman–Crippen LogP) is 3.80. The number of anilines is 1. The van der Waals surface area contributed by atoms with Crippen LogP contribution < -0.4 is 4.90 Å². The second-order valence-electron chi connectivity index (χ2n) is 4.63. The zero-order chi connectivity index (χ0) is 12.4. The first-order chi connectivity index (χ1) is 8.83. The Hall–Kier alpha value is -1.35. The Labute approximate surface area is 116 Å². The van der Waals surface area contributed by atoms with Gasteiger partial charge in [0.05, 0.1) is 11.4 Å². The molecule has 92 valence electrons. The van der Waals surface area contributed by atoms with Crippen molar-refractivity contribution in [1.82, 2.24) is 4.98 Å². The molecule has 3 rings (SSSR count). The number of benzene rings is 1. The van der Waals surface area contributed by atoms with Gasteiger partial charge in [0, 0.05) is 23.8 Å². The fraction of sp³-hybridized carbons (Fsp3) is 0.267. The number of nitrogens with zero attached hydrogens (tertiary/aromatic N) is 2. The lowest BCUT2D eigenvalue weighted by atomic mass is 10.1. The Morgan fingerprint density at radius 1 is 1.22 bits per heavy atom. The molecule has 0 N–H and O–H groups in total. The topological polar surface area (TPSA) is 16.1 Å². The molecule has 0 aliphatic carbocycles. The third-order valence-corrected chi connectivity index (χ3v) is 3.75. The van der Waals surface area contributed by atoms with E-state index in [-0.39, 0.29) is 0 Å².